The summed E-state index contributed by atoms with van der Waals surface area (Å²) < 4.78 is 66.2. The molecule has 0 aliphatic carbocycles. The van der Waals surface area contributed by atoms with Crippen LogP contribution in [0.4, 0.5) is 11.4 Å². The zero-order valence-electron chi connectivity index (χ0n) is 27.7. The minimum absolute atomic E-state index is 0.0456. The SMILES string of the molecule is CN(Cc1ccc(S(=O)(=O)O)cc1)c1ccc2c(c1)[Si](C)(C)c1cc(N(C)Cc3ccccc3S(=O)(=O)O)ccc1C2=[NH+]CCCC(=O)O. The molecule has 258 valence electrons. The van der Waals surface area contributed by atoms with Gasteiger partial charge in [0.1, 0.15) is 14.6 Å². The van der Waals surface area contributed by atoms with Crippen LogP contribution in [0.3, 0.4) is 0 Å². The summed E-state index contributed by atoms with van der Waals surface area (Å²) in [4.78, 5) is 18.5. The van der Waals surface area contributed by atoms with Crippen LogP contribution in [0, 0.1) is 0 Å². The first kappa shape index (κ1) is 36.0. The molecule has 1 heterocycles. The summed E-state index contributed by atoms with van der Waals surface area (Å²) >= 11 is 0. The number of carbonyl (C=O) groups is 1. The number of fused-ring (bicyclic) bond motifs is 2. The van der Waals surface area contributed by atoms with E-state index in [9.17, 15) is 35.8 Å². The van der Waals surface area contributed by atoms with E-state index >= 15 is 0 Å². The molecular formula is C35H40N3O8S2Si+. The van der Waals surface area contributed by atoms with Crippen molar-refractivity contribution in [2.24, 2.45) is 0 Å². The summed E-state index contributed by atoms with van der Waals surface area (Å²) in [5.74, 6) is -0.853. The van der Waals surface area contributed by atoms with Crippen LogP contribution in [-0.2, 0) is 38.1 Å². The van der Waals surface area contributed by atoms with Gasteiger partial charge < -0.3 is 14.9 Å². The van der Waals surface area contributed by atoms with Gasteiger partial charge in [0, 0.05) is 56.1 Å². The van der Waals surface area contributed by atoms with Crippen molar-refractivity contribution < 1.29 is 40.8 Å². The molecule has 5 rings (SSSR count). The maximum absolute atomic E-state index is 12.0. The first-order valence-corrected chi connectivity index (χ1v) is 21.5. The highest BCUT2D eigenvalue weighted by Crippen LogP contribution is 2.27. The van der Waals surface area contributed by atoms with E-state index in [1.807, 2.05) is 31.1 Å². The van der Waals surface area contributed by atoms with Crippen molar-refractivity contribution in [2.75, 3.05) is 30.4 Å². The smallest absolute Gasteiger partial charge is 0.303 e. The molecule has 0 saturated carbocycles. The van der Waals surface area contributed by atoms with Gasteiger partial charge in [-0.3, -0.25) is 13.9 Å². The number of rotatable bonds is 12. The number of carboxylic acid groups (broad SMARTS) is 1. The Bertz CT molecular complexity index is 2150. The monoisotopic (exact) mass is 722 g/mol. The Labute approximate surface area is 288 Å². The van der Waals surface area contributed by atoms with Crippen molar-refractivity contribution in [2.45, 2.75) is 48.8 Å². The van der Waals surface area contributed by atoms with E-state index in [0.29, 0.717) is 25.1 Å². The Balaban J connectivity index is 1.52. The second-order valence-corrected chi connectivity index (χ2v) is 19.9. The fourth-order valence-electron chi connectivity index (χ4n) is 6.31. The van der Waals surface area contributed by atoms with Gasteiger partial charge in [0.2, 0.25) is 5.71 Å². The largest absolute Gasteiger partial charge is 0.481 e. The van der Waals surface area contributed by atoms with E-state index in [-0.39, 0.29) is 22.8 Å². The second-order valence-electron chi connectivity index (χ2n) is 12.8. The molecule has 49 heavy (non-hydrogen) atoms. The molecule has 0 radical (unpaired) electrons. The molecule has 1 aliphatic heterocycles. The van der Waals surface area contributed by atoms with Crippen molar-refractivity contribution in [3.05, 3.63) is 107 Å². The number of benzene rings is 4. The van der Waals surface area contributed by atoms with Gasteiger partial charge in [0.05, 0.1) is 16.2 Å². The minimum atomic E-state index is -4.40. The summed E-state index contributed by atoms with van der Waals surface area (Å²) in [6.07, 6.45) is 0.499. The molecule has 11 nitrogen and oxygen atoms in total. The van der Waals surface area contributed by atoms with Crippen LogP contribution in [0.5, 0.6) is 0 Å². The lowest BCUT2D eigenvalue weighted by atomic mass is 9.99. The fraction of sp³-hybridized carbons (Fsp3) is 0.257. The van der Waals surface area contributed by atoms with Gasteiger partial charge >= 0.3 is 5.97 Å². The molecule has 0 atom stereocenters. The Morgan fingerprint density at radius 1 is 0.755 bits per heavy atom. The van der Waals surface area contributed by atoms with E-state index in [2.05, 4.69) is 47.3 Å². The minimum Gasteiger partial charge on any atom is -0.481 e. The summed E-state index contributed by atoms with van der Waals surface area (Å²) in [5.41, 5.74) is 6.18. The second kappa shape index (κ2) is 13.9. The topological polar surface area (TPSA) is 166 Å². The summed E-state index contributed by atoms with van der Waals surface area (Å²) in [5, 5.41) is 11.5. The van der Waals surface area contributed by atoms with Gasteiger partial charge in [0.25, 0.3) is 20.2 Å². The molecule has 0 saturated heterocycles. The van der Waals surface area contributed by atoms with Crippen LogP contribution in [0.15, 0.2) is 94.7 Å². The normalized spacial score (nSPS) is 14.6. The average Bonchev–Trinajstić information content (AvgIpc) is 3.03. The molecule has 0 fully saturated rings. The van der Waals surface area contributed by atoms with E-state index in [1.165, 1.54) is 23.4 Å². The van der Waals surface area contributed by atoms with Gasteiger partial charge in [-0.25, -0.2) is 4.99 Å². The molecule has 0 unspecified atom stereocenters. The molecule has 0 aromatic heterocycles. The van der Waals surface area contributed by atoms with Crippen molar-refractivity contribution >= 4 is 61.7 Å². The first-order chi connectivity index (χ1) is 23.0. The van der Waals surface area contributed by atoms with Crippen LogP contribution in [0.25, 0.3) is 0 Å². The summed E-state index contributed by atoms with van der Waals surface area (Å²) in [7, 11) is -7.24. The molecule has 0 spiro atoms. The van der Waals surface area contributed by atoms with Crippen LogP contribution in [-0.4, -0.2) is 71.4 Å². The predicted molar refractivity (Wildman–Crippen MR) is 192 cm³/mol. The van der Waals surface area contributed by atoms with Gasteiger partial charge in [-0.1, -0.05) is 43.4 Å². The van der Waals surface area contributed by atoms with Crippen molar-refractivity contribution in [1.29, 1.82) is 0 Å². The van der Waals surface area contributed by atoms with Crippen LogP contribution in [0.1, 0.15) is 35.1 Å². The van der Waals surface area contributed by atoms with Gasteiger partial charge in [-0.15, -0.1) is 0 Å². The zero-order chi connectivity index (χ0) is 35.7. The highest BCUT2D eigenvalue weighted by molar-refractivity contribution is 7.86. The van der Waals surface area contributed by atoms with E-state index < -0.39 is 34.3 Å². The van der Waals surface area contributed by atoms with Crippen LogP contribution >= 0.6 is 0 Å². The number of nitrogens with one attached hydrogen (secondary N) is 1. The summed E-state index contributed by atoms with van der Waals surface area (Å²) in [6, 6.07) is 25.0. The molecule has 0 bridgehead atoms. The molecule has 0 amide bonds. The lowest BCUT2D eigenvalue weighted by Gasteiger charge is -2.34. The van der Waals surface area contributed by atoms with E-state index in [0.717, 1.165) is 39.0 Å². The highest BCUT2D eigenvalue weighted by Gasteiger charge is 2.40. The van der Waals surface area contributed by atoms with E-state index in [1.54, 1.807) is 30.3 Å². The van der Waals surface area contributed by atoms with Crippen LogP contribution < -0.4 is 25.2 Å². The van der Waals surface area contributed by atoms with Crippen molar-refractivity contribution in [3.8, 4) is 0 Å². The maximum Gasteiger partial charge on any atom is 0.303 e. The lowest BCUT2D eigenvalue weighted by Crippen LogP contribution is -2.77. The molecular weight excluding hydrogens is 683 g/mol. The third-order valence-corrected chi connectivity index (χ3v) is 14.3. The number of nitrogens with zero attached hydrogens (tertiary/aromatic N) is 2. The molecule has 1 aliphatic rings. The van der Waals surface area contributed by atoms with E-state index in [4.69, 9.17) is 0 Å². The average molecular weight is 723 g/mol. The molecule has 14 heteroatoms. The Morgan fingerprint density at radius 2 is 1.31 bits per heavy atom. The van der Waals surface area contributed by atoms with Gasteiger partial charge in [0.15, 0.2) is 0 Å². The number of hydrogen-bond acceptors (Lipinski definition) is 7. The quantitative estimate of drug-likeness (QED) is 0.0969. The van der Waals surface area contributed by atoms with Gasteiger partial charge in [-0.2, -0.15) is 16.8 Å². The third-order valence-electron chi connectivity index (χ3n) is 8.94. The number of carboxylic acids is 1. The fourth-order valence-corrected chi connectivity index (χ4v) is 10.6. The predicted octanol–water partition coefficient (Wildman–Crippen LogP) is 2.37. The number of anilines is 2. The van der Waals surface area contributed by atoms with Crippen molar-refractivity contribution in [3.63, 3.8) is 0 Å². The third kappa shape index (κ3) is 7.94. The molecule has 4 aromatic rings. The Hall–Kier alpha value is -4.34. The number of aliphatic carboxylic acids is 1. The molecule has 4 N–H and O–H groups in total. The van der Waals surface area contributed by atoms with Crippen molar-refractivity contribution in [1.82, 2.24) is 0 Å². The standard InChI is InChI=1S/C35H39N3O8S2Si/c1-37(22-24-11-15-28(16-12-24)47(41,42)43)26-13-17-29-32(20-26)49(3,4)33-21-27(14-18-30(33)35(29)36-19-7-10-34(39)40)38(2)23-25-8-5-6-9-31(25)48(44,45)46/h5-6,8-9,11-18,20-21H,7,10,19,22-23H2,1-4H3,(H,39,40)(H,41,42,43)(H,44,45,46)/p+1. The molecule has 4 aromatic carbocycles. The Kier molecular flexibility index (Phi) is 10.2. The number of hydrogen-bond donors (Lipinski definition) is 4. The van der Waals surface area contributed by atoms with Crippen LogP contribution in [0.2, 0.25) is 13.1 Å². The lowest BCUT2D eigenvalue weighted by molar-refractivity contribution is -0.456. The summed E-state index contributed by atoms with van der Waals surface area (Å²) in [6.45, 7) is 5.77. The maximum atomic E-state index is 12.0. The highest BCUT2D eigenvalue weighted by atomic mass is 32.2. The zero-order valence-corrected chi connectivity index (χ0v) is 30.3. The van der Waals surface area contributed by atoms with Gasteiger partial charge in [-0.05, 0) is 76.1 Å². The Morgan fingerprint density at radius 3 is 1.84 bits per heavy atom. The first-order valence-electron chi connectivity index (χ1n) is 15.6.